The van der Waals surface area contributed by atoms with Gasteiger partial charge in [0.1, 0.15) is 0 Å². The number of aliphatic carboxylic acids is 1. The number of amides is 2. The molecule has 0 aromatic rings. The highest BCUT2D eigenvalue weighted by atomic mass is 16.4. The van der Waals surface area contributed by atoms with Crippen LogP contribution in [-0.2, 0) is 4.79 Å². The second-order valence-electron chi connectivity index (χ2n) is 5.58. The van der Waals surface area contributed by atoms with Crippen molar-refractivity contribution in [2.45, 2.75) is 46.1 Å². The molecule has 1 rings (SSSR count). The summed E-state index contributed by atoms with van der Waals surface area (Å²) in [6.07, 6.45) is 2.52. The maximum atomic E-state index is 12.0. The SMILES string of the molecule is CC(CNC(=O)N(CC1CC1)C(C)C)CC(=O)O. The summed E-state index contributed by atoms with van der Waals surface area (Å²) in [5.41, 5.74) is 0. The molecule has 18 heavy (non-hydrogen) atoms. The maximum absolute atomic E-state index is 12.0. The third kappa shape index (κ3) is 5.38. The van der Waals surface area contributed by atoms with Crippen molar-refractivity contribution in [3.05, 3.63) is 0 Å². The quantitative estimate of drug-likeness (QED) is 0.731. The minimum atomic E-state index is -0.824. The largest absolute Gasteiger partial charge is 0.481 e. The summed E-state index contributed by atoms with van der Waals surface area (Å²) in [5.74, 6) is -0.202. The van der Waals surface area contributed by atoms with Gasteiger partial charge in [-0.15, -0.1) is 0 Å². The van der Waals surface area contributed by atoms with Crippen LogP contribution < -0.4 is 5.32 Å². The molecule has 2 amide bonds. The smallest absolute Gasteiger partial charge is 0.317 e. The molecule has 0 aliphatic heterocycles. The molecule has 5 heteroatoms. The van der Waals surface area contributed by atoms with Crippen molar-refractivity contribution < 1.29 is 14.7 Å². The Balaban J connectivity index is 2.33. The van der Waals surface area contributed by atoms with Crippen molar-refractivity contribution in [1.82, 2.24) is 10.2 Å². The van der Waals surface area contributed by atoms with E-state index in [1.54, 1.807) is 0 Å². The van der Waals surface area contributed by atoms with Crippen LogP contribution in [0.25, 0.3) is 0 Å². The highest BCUT2D eigenvalue weighted by Crippen LogP contribution is 2.30. The van der Waals surface area contributed by atoms with Gasteiger partial charge in [-0.25, -0.2) is 4.79 Å². The highest BCUT2D eigenvalue weighted by molar-refractivity contribution is 5.74. The second kappa shape index (κ2) is 6.61. The van der Waals surface area contributed by atoms with E-state index in [-0.39, 0.29) is 24.4 Å². The average Bonchev–Trinajstić information content (AvgIpc) is 3.05. The van der Waals surface area contributed by atoms with Gasteiger partial charge in [0.15, 0.2) is 0 Å². The summed E-state index contributed by atoms with van der Waals surface area (Å²) in [6, 6.07) is 0.106. The Morgan fingerprint density at radius 1 is 1.33 bits per heavy atom. The van der Waals surface area contributed by atoms with Gasteiger partial charge in [-0.05, 0) is 38.5 Å². The Kier molecular flexibility index (Phi) is 5.44. The number of nitrogens with one attached hydrogen (secondary N) is 1. The number of hydrogen-bond acceptors (Lipinski definition) is 2. The summed E-state index contributed by atoms with van der Waals surface area (Å²) < 4.78 is 0. The van der Waals surface area contributed by atoms with Crippen molar-refractivity contribution in [2.75, 3.05) is 13.1 Å². The molecule has 0 aromatic carbocycles. The van der Waals surface area contributed by atoms with E-state index in [0.29, 0.717) is 12.5 Å². The van der Waals surface area contributed by atoms with Gasteiger partial charge in [0.25, 0.3) is 0 Å². The van der Waals surface area contributed by atoms with Gasteiger partial charge in [-0.1, -0.05) is 6.92 Å². The van der Waals surface area contributed by atoms with E-state index in [1.165, 1.54) is 12.8 Å². The first kappa shape index (κ1) is 14.8. The zero-order valence-corrected chi connectivity index (χ0v) is 11.5. The van der Waals surface area contributed by atoms with Crippen molar-refractivity contribution >= 4 is 12.0 Å². The number of nitrogens with zero attached hydrogens (tertiary/aromatic N) is 1. The first-order valence-corrected chi connectivity index (χ1v) is 6.66. The fourth-order valence-corrected chi connectivity index (χ4v) is 1.84. The molecular weight excluding hydrogens is 232 g/mol. The predicted molar refractivity (Wildman–Crippen MR) is 69.4 cm³/mol. The number of rotatable bonds is 7. The lowest BCUT2D eigenvalue weighted by Gasteiger charge is -2.27. The molecule has 1 atom stereocenters. The van der Waals surface area contributed by atoms with Crippen molar-refractivity contribution in [3.8, 4) is 0 Å². The average molecular weight is 256 g/mol. The minimum Gasteiger partial charge on any atom is -0.481 e. The molecule has 5 nitrogen and oxygen atoms in total. The minimum absolute atomic E-state index is 0.0404. The van der Waals surface area contributed by atoms with Gasteiger partial charge >= 0.3 is 12.0 Å². The second-order valence-corrected chi connectivity index (χ2v) is 5.58. The summed E-state index contributed by atoms with van der Waals surface area (Å²) in [7, 11) is 0. The summed E-state index contributed by atoms with van der Waals surface area (Å²) in [5, 5.41) is 11.5. The fourth-order valence-electron chi connectivity index (χ4n) is 1.84. The first-order valence-electron chi connectivity index (χ1n) is 6.66. The monoisotopic (exact) mass is 256 g/mol. The van der Waals surface area contributed by atoms with Crippen molar-refractivity contribution in [2.24, 2.45) is 11.8 Å². The number of carboxylic acids is 1. The van der Waals surface area contributed by atoms with Gasteiger partial charge < -0.3 is 15.3 Å². The zero-order chi connectivity index (χ0) is 13.7. The molecular formula is C13H24N2O3. The Morgan fingerprint density at radius 2 is 1.94 bits per heavy atom. The van der Waals surface area contributed by atoms with Crippen LogP contribution in [0.1, 0.15) is 40.0 Å². The van der Waals surface area contributed by atoms with E-state index < -0.39 is 5.97 Å². The van der Waals surface area contributed by atoms with Crippen LogP contribution in [-0.4, -0.2) is 41.1 Å². The molecule has 104 valence electrons. The van der Waals surface area contributed by atoms with Crippen LogP contribution >= 0.6 is 0 Å². The normalized spacial score (nSPS) is 16.4. The standard InChI is InChI=1S/C13H24N2O3/c1-9(2)15(8-11-4-5-11)13(18)14-7-10(3)6-12(16)17/h9-11H,4-8H2,1-3H3,(H,14,18)(H,16,17). The molecule has 1 unspecified atom stereocenters. The Hall–Kier alpha value is -1.26. The van der Waals surface area contributed by atoms with E-state index in [2.05, 4.69) is 5.32 Å². The number of urea groups is 1. The molecule has 0 bridgehead atoms. The Morgan fingerprint density at radius 3 is 2.39 bits per heavy atom. The van der Waals surface area contributed by atoms with E-state index in [1.807, 2.05) is 25.7 Å². The maximum Gasteiger partial charge on any atom is 0.317 e. The van der Waals surface area contributed by atoms with Crippen molar-refractivity contribution in [3.63, 3.8) is 0 Å². The molecule has 1 fully saturated rings. The van der Waals surface area contributed by atoms with Crippen LogP contribution in [0.2, 0.25) is 0 Å². The van der Waals surface area contributed by atoms with Crippen LogP contribution in [0, 0.1) is 11.8 Å². The molecule has 0 spiro atoms. The van der Waals surface area contributed by atoms with Gasteiger partial charge in [0.05, 0.1) is 0 Å². The van der Waals surface area contributed by atoms with Crippen molar-refractivity contribution in [1.29, 1.82) is 0 Å². The van der Waals surface area contributed by atoms with Gasteiger partial charge in [-0.2, -0.15) is 0 Å². The molecule has 0 heterocycles. The molecule has 0 saturated heterocycles. The molecule has 1 saturated carbocycles. The molecule has 2 N–H and O–H groups in total. The molecule has 1 aliphatic rings. The topological polar surface area (TPSA) is 69.6 Å². The van der Waals surface area contributed by atoms with E-state index in [0.717, 1.165) is 6.54 Å². The first-order chi connectivity index (χ1) is 8.40. The van der Waals surface area contributed by atoms with E-state index >= 15 is 0 Å². The lowest BCUT2D eigenvalue weighted by molar-refractivity contribution is -0.137. The number of carbonyl (C=O) groups excluding carboxylic acids is 1. The summed E-state index contributed by atoms with van der Waals surface area (Å²) in [6.45, 7) is 7.07. The Labute approximate surface area is 109 Å². The Bertz CT molecular complexity index is 301. The molecule has 0 radical (unpaired) electrons. The van der Waals surface area contributed by atoms with Gasteiger partial charge in [-0.3, -0.25) is 4.79 Å². The van der Waals surface area contributed by atoms with Gasteiger partial charge in [0.2, 0.25) is 0 Å². The van der Waals surface area contributed by atoms with E-state index in [4.69, 9.17) is 5.11 Å². The van der Waals surface area contributed by atoms with E-state index in [9.17, 15) is 9.59 Å². The number of carboxylic acid groups (broad SMARTS) is 1. The van der Waals surface area contributed by atoms with Crippen LogP contribution in [0.15, 0.2) is 0 Å². The zero-order valence-electron chi connectivity index (χ0n) is 11.5. The third-order valence-corrected chi connectivity index (χ3v) is 3.16. The summed E-state index contributed by atoms with van der Waals surface area (Å²) in [4.78, 5) is 24.4. The highest BCUT2D eigenvalue weighted by Gasteiger charge is 2.28. The number of hydrogen-bond donors (Lipinski definition) is 2. The summed E-state index contributed by atoms with van der Waals surface area (Å²) >= 11 is 0. The lowest BCUT2D eigenvalue weighted by atomic mass is 10.1. The van der Waals surface area contributed by atoms with Gasteiger partial charge in [0, 0.05) is 25.6 Å². The third-order valence-electron chi connectivity index (χ3n) is 3.16. The number of carbonyl (C=O) groups is 2. The fraction of sp³-hybridized carbons (Fsp3) is 0.846. The molecule has 1 aliphatic carbocycles. The lowest BCUT2D eigenvalue weighted by Crippen LogP contribution is -2.46. The predicted octanol–water partition coefficient (Wildman–Crippen LogP) is 1.93. The van der Waals surface area contributed by atoms with Crippen LogP contribution in [0.5, 0.6) is 0 Å². The van der Waals surface area contributed by atoms with Crippen LogP contribution in [0.3, 0.4) is 0 Å². The van der Waals surface area contributed by atoms with Crippen LogP contribution in [0.4, 0.5) is 4.79 Å². The molecule has 0 aromatic heterocycles.